The minimum absolute atomic E-state index is 0.691. The van der Waals surface area contributed by atoms with Gasteiger partial charge in [-0.3, -0.25) is 0 Å². The predicted octanol–water partition coefficient (Wildman–Crippen LogP) is 9.05. The zero-order valence-corrected chi connectivity index (χ0v) is 23.4. The molecule has 24 heteroatoms. The van der Waals surface area contributed by atoms with Crippen LogP contribution in [0.1, 0.15) is 20.7 Å². The van der Waals surface area contributed by atoms with Gasteiger partial charge in [0.15, 0.2) is 13.2 Å². The van der Waals surface area contributed by atoms with Gasteiger partial charge in [-0.05, 0) is 24.3 Å². The van der Waals surface area contributed by atoms with Gasteiger partial charge in [-0.1, -0.05) is 36.4 Å². The lowest BCUT2D eigenvalue weighted by Crippen LogP contribution is -2.77. The molecule has 0 heterocycles. The Morgan fingerprint density at radius 1 is 0.360 bits per heavy atom. The number of carbonyl (C=O) groups is 2. The van der Waals surface area contributed by atoms with E-state index in [0.29, 0.717) is 24.3 Å². The second kappa shape index (κ2) is 12.9. The maximum atomic E-state index is 14.1. The Morgan fingerprint density at radius 2 is 0.560 bits per heavy atom. The first-order chi connectivity index (χ1) is 22.2. The van der Waals surface area contributed by atoms with Crippen LogP contribution in [0.25, 0.3) is 0 Å². The molecule has 2 aromatic rings. The SMILES string of the molecule is O=C(OCC(F)(F)C(F)(F)C(F)(F)C(F)(F)C(F)(F)C(F)(F)C(F)(F)C(F)(F)C(F)(F)C(F)(F)COC(=O)c1ccccc1)c1ccccc1. The maximum Gasteiger partial charge on any atom is 0.385 e. The fourth-order valence-electron chi connectivity index (χ4n) is 3.45. The van der Waals surface area contributed by atoms with Gasteiger partial charge in [0.1, 0.15) is 0 Å². The third-order valence-corrected chi connectivity index (χ3v) is 6.47. The fraction of sp³-hybridized carbons (Fsp3) is 0.462. The summed E-state index contributed by atoms with van der Waals surface area (Å²) in [6.45, 7) is -6.91. The van der Waals surface area contributed by atoms with Gasteiger partial charge in [0.2, 0.25) is 0 Å². The summed E-state index contributed by atoms with van der Waals surface area (Å²) in [5.74, 6) is -88.7. The highest BCUT2D eigenvalue weighted by Gasteiger charge is 2.97. The molecule has 0 unspecified atom stereocenters. The second-order valence-electron chi connectivity index (χ2n) is 9.89. The number of carbonyl (C=O) groups excluding carboxylic acids is 2. The third-order valence-electron chi connectivity index (χ3n) is 6.47. The lowest BCUT2D eigenvalue weighted by Gasteiger charge is -2.45. The number of alkyl halides is 20. The average Bonchev–Trinajstić information content (AvgIpc) is 3.02. The Hall–Kier alpha value is -4.02. The number of ether oxygens (including phenoxy) is 2. The molecule has 0 aliphatic carbocycles. The molecule has 0 radical (unpaired) electrons. The highest BCUT2D eigenvalue weighted by atomic mass is 19.4. The molecule has 0 amide bonds. The lowest BCUT2D eigenvalue weighted by molar-refractivity contribution is -0.469. The number of benzene rings is 2. The summed E-state index contributed by atoms with van der Waals surface area (Å²) < 4.78 is 288. The maximum absolute atomic E-state index is 14.1. The van der Waals surface area contributed by atoms with E-state index in [4.69, 9.17) is 0 Å². The van der Waals surface area contributed by atoms with Crippen molar-refractivity contribution in [1.82, 2.24) is 0 Å². The first kappa shape index (κ1) is 42.1. The number of rotatable bonds is 15. The van der Waals surface area contributed by atoms with Crippen molar-refractivity contribution in [3.8, 4) is 0 Å². The molecule has 50 heavy (non-hydrogen) atoms. The molecule has 0 atom stereocenters. The van der Waals surface area contributed by atoms with Crippen LogP contribution in [0.4, 0.5) is 87.8 Å². The minimum Gasteiger partial charge on any atom is -0.455 e. The zero-order chi connectivity index (χ0) is 39.2. The summed E-state index contributed by atoms with van der Waals surface area (Å²) in [6.07, 6.45) is 0. The van der Waals surface area contributed by atoms with Gasteiger partial charge in [-0.15, -0.1) is 0 Å². The largest absolute Gasteiger partial charge is 0.455 e. The number of hydrogen-bond acceptors (Lipinski definition) is 4. The van der Waals surface area contributed by atoms with E-state index < -0.39 is 95.5 Å². The van der Waals surface area contributed by atoms with Crippen LogP contribution in [-0.4, -0.2) is 84.4 Å². The molecule has 0 saturated heterocycles. The highest BCUT2D eigenvalue weighted by molar-refractivity contribution is 5.89. The molecule has 2 rings (SSSR count). The molecule has 0 saturated carbocycles. The summed E-state index contributed by atoms with van der Waals surface area (Å²) >= 11 is 0. The smallest absolute Gasteiger partial charge is 0.385 e. The highest BCUT2D eigenvalue weighted by Crippen LogP contribution is 2.66. The van der Waals surface area contributed by atoms with Gasteiger partial charge in [-0.2, -0.15) is 87.8 Å². The van der Waals surface area contributed by atoms with E-state index in [-0.39, 0.29) is 0 Å². The predicted molar refractivity (Wildman–Crippen MR) is 123 cm³/mol. The van der Waals surface area contributed by atoms with Crippen molar-refractivity contribution in [2.45, 2.75) is 59.2 Å². The normalized spacial score (nSPS) is 14.7. The van der Waals surface area contributed by atoms with Crippen molar-refractivity contribution in [2.24, 2.45) is 0 Å². The summed E-state index contributed by atoms with van der Waals surface area (Å²) in [5, 5.41) is 0. The van der Waals surface area contributed by atoms with E-state index in [9.17, 15) is 97.4 Å². The van der Waals surface area contributed by atoms with E-state index >= 15 is 0 Å². The third kappa shape index (κ3) is 6.36. The number of esters is 2. The van der Waals surface area contributed by atoms with Gasteiger partial charge in [0.05, 0.1) is 11.1 Å². The van der Waals surface area contributed by atoms with Crippen LogP contribution >= 0.6 is 0 Å². The van der Waals surface area contributed by atoms with E-state index in [0.717, 1.165) is 36.4 Å². The second-order valence-corrected chi connectivity index (χ2v) is 9.89. The molecule has 0 aliphatic heterocycles. The lowest BCUT2D eigenvalue weighted by atomic mass is 9.85. The van der Waals surface area contributed by atoms with E-state index in [1.54, 1.807) is 0 Å². The summed E-state index contributed by atoms with van der Waals surface area (Å²) in [7, 11) is 0. The molecule has 0 aromatic heterocycles. The molecule has 0 aliphatic rings. The Kier molecular flexibility index (Phi) is 10.9. The Labute approximate surface area is 263 Å². The topological polar surface area (TPSA) is 52.6 Å². The van der Waals surface area contributed by atoms with Crippen molar-refractivity contribution in [3.63, 3.8) is 0 Å². The van der Waals surface area contributed by atoms with E-state index in [1.807, 2.05) is 0 Å². The van der Waals surface area contributed by atoms with E-state index in [2.05, 4.69) is 9.47 Å². The fourth-order valence-corrected chi connectivity index (χ4v) is 3.45. The quantitative estimate of drug-likeness (QED) is 0.134. The molecule has 282 valence electrons. The zero-order valence-electron chi connectivity index (χ0n) is 23.4. The van der Waals surface area contributed by atoms with Crippen LogP contribution in [0.2, 0.25) is 0 Å². The molecular weight excluding hydrogens is 756 g/mol. The summed E-state index contributed by atoms with van der Waals surface area (Å²) in [5.41, 5.74) is -1.65. The van der Waals surface area contributed by atoms with Gasteiger partial charge < -0.3 is 9.47 Å². The number of halogens is 20. The Balaban J connectivity index is 2.48. The van der Waals surface area contributed by atoms with Crippen LogP contribution in [0.15, 0.2) is 60.7 Å². The first-order valence-corrected chi connectivity index (χ1v) is 12.5. The van der Waals surface area contributed by atoms with Crippen molar-refractivity contribution in [1.29, 1.82) is 0 Å². The summed E-state index contributed by atoms with van der Waals surface area (Å²) in [6, 6.07) is 8.88. The van der Waals surface area contributed by atoms with E-state index in [1.165, 1.54) is 0 Å². The molecule has 2 aromatic carbocycles. The average molecular weight is 770 g/mol. The van der Waals surface area contributed by atoms with Crippen LogP contribution < -0.4 is 0 Å². The molecular formula is C26H14F20O4. The Morgan fingerprint density at radius 3 is 0.780 bits per heavy atom. The molecule has 0 N–H and O–H groups in total. The molecule has 0 bridgehead atoms. The summed E-state index contributed by atoms with van der Waals surface area (Å²) in [4.78, 5) is 23.2. The number of hydrogen-bond donors (Lipinski definition) is 0. The first-order valence-electron chi connectivity index (χ1n) is 12.5. The van der Waals surface area contributed by atoms with Crippen molar-refractivity contribution < 1.29 is 107 Å². The molecule has 0 spiro atoms. The van der Waals surface area contributed by atoms with Crippen LogP contribution in [0, 0.1) is 0 Å². The Bertz CT molecular complexity index is 1400. The van der Waals surface area contributed by atoms with Crippen molar-refractivity contribution in [2.75, 3.05) is 13.2 Å². The van der Waals surface area contributed by atoms with Crippen LogP contribution in [0.5, 0.6) is 0 Å². The van der Waals surface area contributed by atoms with Crippen molar-refractivity contribution >= 4 is 11.9 Å². The minimum atomic E-state index is -9.22. The monoisotopic (exact) mass is 770 g/mol. The van der Waals surface area contributed by atoms with Crippen molar-refractivity contribution in [3.05, 3.63) is 71.8 Å². The van der Waals surface area contributed by atoms with Crippen LogP contribution in [-0.2, 0) is 9.47 Å². The van der Waals surface area contributed by atoms with Gasteiger partial charge >= 0.3 is 71.2 Å². The van der Waals surface area contributed by atoms with Gasteiger partial charge in [0, 0.05) is 0 Å². The van der Waals surface area contributed by atoms with Gasteiger partial charge in [-0.25, -0.2) is 9.59 Å². The molecule has 0 fully saturated rings. The molecule has 4 nitrogen and oxygen atoms in total. The van der Waals surface area contributed by atoms with Gasteiger partial charge in [0.25, 0.3) is 0 Å². The van der Waals surface area contributed by atoms with Crippen LogP contribution in [0.3, 0.4) is 0 Å². The standard InChI is InChI=1S/C26H14F20O4/c27-17(28,11-49-15(47)13-7-3-1-4-8-13)19(31,32)21(35,36)23(39,40)25(43,44)26(45,46)24(41,42)22(37,38)20(33,34)18(29,30)12-50-16(48)14-9-5-2-6-10-14/h1-10H,11-12H2.